The van der Waals surface area contributed by atoms with Crippen molar-refractivity contribution in [3.05, 3.63) is 11.4 Å². The van der Waals surface area contributed by atoms with E-state index in [0.717, 1.165) is 12.8 Å². The number of methoxy groups -OCH3 is 1. The Labute approximate surface area is 120 Å². The lowest BCUT2D eigenvalue weighted by atomic mass is 10.3. The predicted octanol–water partition coefficient (Wildman–Crippen LogP) is 0.748. The Morgan fingerprint density at radius 3 is 2.55 bits per heavy atom. The van der Waals surface area contributed by atoms with E-state index in [9.17, 15) is 8.42 Å². The zero-order valence-electron chi connectivity index (χ0n) is 12.2. The second-order valence-corrected chi connectivity index (χ2v) is 6.18. The third-order valence-electron chi connectivity index (χ3n) is 2.77. The fourth-order valence-electron chi connectivity index (χ4n) is 1.79. The summed E-state index contributed by atoms with van der Waals surface area (Å²) < 4.78 is 36.9. The van der Waals surface area contributed by atoms with Crippen LogP contribution < -0.4 is 4.72 Å². The molecule has 0 aliphatic carbocycles. The molecule has 0 atom stereocenters. The number of aromatic nitrogens is 2. The van der Waals surface area contributed by atoms with Gasteiger partial charge in [-0.3, -0.25) is 5.10 Å². The summed E-state index contributed by atoms with van der Waals surface area (Å²) in [4.78, 5) is 0.244. The summed E-state index contributed by atoms with van der Waals surface area (Å²) in [6.07, 6.45) is 1.53. The van der Waals surface area contributed by atoms with E-state index in [1.807, 2.05) is 0 Å². The molecule has 0 bridgehead atoms. The van der Waals surface area contributed by atoms with E-state index in [1.54, 1.807) is 21.0 Å². The van der Waals surface area contributed by atoms with E-state index in [4.69, 9.17) is 9.47 Å². The van der Waals surface area contributed by atoms with Crippen LogP contribution in [0.1, 0.15) is 24.2 Å². The molecule has 0 saturated carbocycles. The molecule has 7 nitrogen and oxygen atoms in total. The number of aryl methyl sites for hydroxylation is 2. The Hall–Kier alpha value is -0.960. The number of ether oxygens (including phenoxy) is 2. The van der Waals surface area contributed by atoms with Crippen LogP contribution in [0, 0.1) is 13.8 Å². The maximum atomic E-state index is 12.1. The normalized spacial score (nSPS) is 11.9. The Morgan fingerprint density at radius 2 is 1.95 bits per heavy atom. The van der Waals surface area contributed by atoms with Gasteiger partial charge in [0, 0.05) is 20.3 Å². The summed E-state index contributed by atoms with van der Waals surface area (Å²) in [6, 6.07) is 0. The minimum absolute atomic E-state index is 0.244. The first-order valence-electron chi connectivity index (χ1n) is 6.57. The van der Waals surface area contributed by atoms with Gasteiger partial charge < -0.3 is 9.47 Å². The third kappa shape index (κ3) is 5.20. The van der Waals surface area contributed by atoms with Crippen LogP contribution in [0.15, 0.2) is 4.90 Å². The third-order valence-corrected chi connectivity index (χ3v) is 4.49. The molecule has 20 heavy (non-hydrogen) atoms. The molecular formula is C12H23N3O4S. The van der Waals surface area contributed by atoms with E-state index in [1.165, 1.54) is 0 Å². The van der Waals surface area contributed by atoms with Crippen molar-refractivity contribution in [3.63, 3.8) is 0 Å². The van der Waals surface area contributed by atoms with Gasteiger partial charge in [0.05, 0.1) is 24.6 Å². The molecule has 0 fully saturated rings. The van der Waals surface area contributed by atoms with Gasteiger partial charge in [-0.05, 0) is 26.7 Å². The van der Waals surface area contributed by atoms with Crippen molar-refractivity contribution in [3.8, 4) is 0 Å². The molecule has 0 aromatic carbocycles. The molecule has 0 amide bonds. The molecule has 2 N–H and O–H groups in total. The van der Waals surface area contributed by atoms with Gasteiger partial charge in [0.1, 0.15) is 4.90 Å². The summed E-state index contributed by atoms with van der Waals surface area (Å²) in [5.41, 5.74) is 1.04. The standard InChI is InChI=1S/C12H23N3O4S/c1-10-12(11(2)15-14-10)20(16,17)13-6-4-5-7-19-9-8-18-3/h13H,4-9H2,1-3H3,(H,14,15). The number of hydrogen-bond acceptors (Lipinski definition) is 5. The number of H-pyrrole nitrogens is 1. The van der Waals surface area contributed by atoms with Crippen molar-refractivity contribution in [2.45, 2.75) is 31.6 Å². The molecule has 0 aliphatic rings. The van der Waals surface area contributed by atoms with Gasteiger partial charge in [0.15, 0.2) is 0 Å². The average molecular weight is 305 g/mol. The van der Waals surface area contributed by atoms with Gasteiger partial charge in [-0.1, -0.05) is 0 Å². The molecule has 0 unspecified atom stereocenters. The lowest BCUT2D eigenvalue weighted by molar-refractivity contribution is 0.0689. The smallest absolute Gasteiger partial charge is 0.244 e. The van der Waals surface area contributed by atoms with Gasteiger partial charge in [0.25, 0.3) is 0 Å². The average Bonchev–Trinajstić information content (AvgIpc) is 2.73. The summed E-state index contributed by atoms with van der Waals surface area (Å²) in [6.45, 7) is 5.50. The minimum atomic E-state index is -3.48. The zero-order valence-corrected chi connectivity index (χ0v) is 13.0. The summed E-state index contributed by atoms with van der Waals surface area (Å²) in [5.74, 6) is 0. The largest absolute Gasteiger partial charge is 0.382 e. The van der Waals surface area contributed by atoms with Crippen LogP contribution in [0.5, 0.6) is 0 Å². The van der Waals surface area contributed by atoms with Gasteiger partial charge in [-0.2, -0.15) is 5.10 Å². The number of unbranched alkanes of at least 4 members (excludes halogenated alkanes) is 1. The lowest BCUT2D eigenvalue weighted by Gasteiger charge is -2.07. The number of sulfonamides is 1. The zero-order chi connectivity index (χ0) is 15.0. The fourth-order valence-corrected chi connectivity index (χ4v) is 3.23. The van der Waals surface area contributed by atoms with Crippen LogP contribution in [0.3, 0.4) is 0 Å². The number of nitrogens with zero attached hydrogens (tertiary/aromatic N) is 1. The molecule has 1 rings (SSSR count). The van der Waals surface area contributed by atoms with Crippen molar-refractivity contribution in [1.29, 1.82) is 0 Å². The maximum Gasteiger partial charge on any atom is 0.244 e. The van der Waals surface area contributed by atoms with Crippen LogP contribution >= 0.6 is 0 Å². The van der Waals surface area contributed by atoms with E-state index in [0.29, 0.717) is 37.8 Å². The highest BCUT2D eigenvalue weighted by Crippen LogP contribution is 2.15. The maximum absolute atomic E-state index is 12.1. The van der Waals surface area contributed by atoms with E-state index in [2.05, 4.69) is 14.9 Å². The van der Waals surface area contributed by atoms with Crippen molar-refractivity contribution in [1.82, 2.24) is 14.9 Å². The van der Waals surface area contributed by atoms with Crippen molar-refractivity contribution >= 4 is 10.0 Å². The Balaban J connectivity index is 2.28. The van der Waals surface area contributed by atoms with Gasteiger partial charge in [0.2, 0.25) is 10.0 Å². The molecule has 1 aromatic rings. The van der Waals surface area contributed by atoms with Crippen LogP contribution in [-0.4, -0.2) is 52.1 Å². The molecule has 0 radical (unpaired) electrons. The Bertz CT molecular complexity index is 479. The first-order chi connectivity index (χ1) is 9.49. The Kier molecular flexibility index (Phi) is 7.14. The minimum Gasteiger partial charge on any atom is -0.382 e. The highest BCUT2D eigenvalue weighted by atomic mass is 32.2. The predicted molar refractivity (Wildman–Crippen MR) is 75.2 cm³/mol. The van der Waals surface area contributed by atoms with E-state index >= 15 is 0 Å². The highest BCUT2D eigenvalue weighted by molar-refractivity contribution is 7.89. The molecule has 1 heterocycles. The van der Waals surface area contributed by atoms with Crippen molar-refractivity contribution in [2.75, 3.05) is 33.5 Å². The molecule has 0 aliphatic heterocycles. The van der Waals surface area contributed by atoms with Gasteiger partial charge in [-0.15, -0.1) is 0 Å². The topological polar surface area (TPSA) is 93.3 Å². The molecule has 1 aromatic heterocycles. The van der Waals surface area contributed by atoms with E-state index < -0.39 is 10.0 Å². The summed E-state index contributed by atoms with van der Waals surface area (Å²) in [5, 5.41) is 6.56. The second kappa shape index (κ2) is 8.35. The Morgan fingerprint density at radius 1 is 1.20 bits per heavy atom. The molecule has 0 spiro atoms. The van der Waals surface area contributed by atoms with Gasteiger partial charge in [-0.25, -0.2) is 13.1 Å². The van der Waals surface area contributed by atoms with Crippen molar-refractivity contribution < 1.29 is 17.9 Å². The lowest BCUT2D eigenvalue weighted by Crippen LogP contribution is -2.26. The SMILES string of the molecule is COCCOCCCCNS(=O)(=O)c1c(C)n[nH]c1C. The first kappa shape index (κ1) is 17.1. The molecule has 8 heteroatoms. The number of aromatic amines is 1. The van der Waals surface area contributed by atoms with Crippen LogP contribution in [-0.2, 0) is 19.5 Å². The number of hydrogen-bond donors (Lipinski definition) is 2. The van der Waals surface area contributed by atoms with E-state index in [-0.39, 0.29) is 4.90 Å². The summed E-state index contributed by atoms with van der Waals surface area (Å²) in [7, 11) is -1.86. The van der Waals surface area contributed by atoms with Crippen LogP contribution in [0.4, 0.5) is 0 Å². The molecule has 0 saturated heterocycles. The van der Waals surface area contributed by atoms with Crippen LogP contribution in [0.25, 0.3) is 0 Å². The van der Waals surface area contributed by atoms with Crippen LogP contribution in [0.2, 0.25) is 0 Å². The molecular weight excluding hydrogens is 282 g/mol. The number of nitrogens with one attached hydrogen (secondary N) is 2. The number of rotatable bonds is 10. The monoisotopic (exact) mass is 305 g/mol. The van der Waals surface area contributed by atoms with Crippen molar-refractivity contribution in [2.24, 2.45) is 0 Å². The van der Waals surface area contributed by atoms with Gasteiger partial charge >= 0.3 is 0 Å². The quantitative estimate of drug-likeness (QED) is 0.622. The first-order valence-corrected chi connectivity index (χ1v) is 8.05. The highest BCUT2D eigenvalue weighted by Gasteiger charge is 2.21. The fraction of sp³-hybridized carbons (Fsp3) is 0.750. The summed E-state index contributed by atoms with van der Waals surface area (Å²) >= 11 is 0. The molecule has 116 valence electrons. The second-order valence-electron chi connectivity index (χ2n) is 4.47.